The Hall–Kier alpha value is -5.80. The molecule has 3 aromatic heterocycles. The first-order valence-corrected chi connectivity index (χ1v) is 13.4. The van der Waals surface area contributed by atoms with Crippen molar-refractivity contribution in [1.29, 1.82) is 0 Å². The fraction of sp³-hybridized carbons (Fsp3) is 0.286. The van der Waals surface area contributed by atoms with Crippen LogP contribution in [0.25, 0.3) is 5.52 Å². The Morgan fingerprint density at radius 3 is 2.61 bits per heavy atom. The normalized spacial score (nSPS) is 12.4. The van der Waals surface area contributed by atoms with Gasteiger partial charge in [0.2, 0.25) is 6.79 Å². The van der Waals surface area contributed by atoms with Gasteiger partial charge >= 0.3 is 18.0 Å². The fourth-order valence-corrected chi connectivity index (χ4v) is 4.32. The standard InChI is InChI=1S/C28H27N7O9/c1-15-3-4-17(26(39)32-21-9-10-44-33-21)11-20(15)31-25-24-16(2)19(12-34(24)30-13-29-25)27(40)35(18-5-6-18)28(41)43-14-42-23(38)8-7-22(36)37/h3-4,9-13,18H,5-8,14H2,1-2H3,(H,36,37)(H,29,30,31)(H,32,33,39). The van der Waals surface area contributed by atoms with Crippen molar-refractivity contribution in [1.82, 2.24) is 24.7 Å². The number of carboxylic acids is 1. The van der Waals surface area contributed by atoms with Crippen molar-refractivity contribution in [3.05, 3.63) is 65.3 Å². The average molecular weight is 606 g/mol. The van der Waals surface area contributed by atoms with Gasteiger partial charge in [0.1, 0.15) is 18.1 Å². The molecule has 1 aliphatic rings. The number of rotatable bonds is 11. The highest BCUT2D eigenvalue weighted by molar-refractivity contribution is 6.06. The molecule has 1 saturated carbocycles. The Bertz CT molecular complexity index is 1750. The molecule has 1 aliphatic carbocycles. The van der Waals surface area contributed by atoms with Crippen LogP contribution in [0.15, 0.2) is 47.6 Å². The second-order valence-corrected chi connectivity index (χ2v) is 9.91. The molecule has 1 aromatic carbocycles. The average Bonchev–Trinajstić information content (AvgIpc) is 3.56. The number of nitrogens with zero attached hydrogens (tertiary/aromatic N) is 5. The number of hydrogen-bond donors (Lipinski definition) is 3. The van der Waals surface area contributed by atoms with Gasteiger partial charge in [0, 0.05) is 29.6 Å². The number of carbonyl (C=O) groups is 5. The summed E-state index contributed by atoms with van der Waals surface area (Å²) in [6.45, 7) is 2.77. The highest BCUT2D eigenvalue weighted by Crippen LogP contribution is 2.32. The van der Waals surface area contributed by atoms with E-state index in [0.717, 1.165) is 10.5 Å². The van der Waals surface area contributed by atoms with Crippen LogP contribution in [0.1, 0.15) is 57.5 Å². The van der Waals surface area contributed by atoms with E-state index in [1.54, 1.807) is 25.1 Å². The molecule has 3 N–H and O–H groups in total. The Balaban J connectivity index is 1.34. The predicted molar refractivity (Wildman–Crippen MR) is 150 cm³/mol. The molecule has 228 valence electrons. The van der Waals surface area contributed by atoms with Crippen LogP contribution in [-0.2, 0) is 19.1 Å². The summed E-state index contributed by atoms with van der Waals surface area (Å²) in [5.41, 5.74) is 2.85. The summed E-state index contributed by atoms with van der Waals surface area (Å²) in [6, 6.07) is 6.19. The molecular weight excluding hydrogens is 578 g/mol. The first-order chi connectivity index (χ1) is 21.1. The molecule has 16 nitrogen and oxygen atoms in total. The van der Waals surface area contributed by atoms with Crippen molar-refractivity contribution in [2.45, 2.75) is 45.6 Å². The van der Waals surface area contributed by atoms with Gasteiger partial charge < -0.3 is 29.7 Å². The third kappa shape index (κ3) is 6.64. The number of aliphatic carboxylic acids is 1. The second-order valence-electron chi connectivity index (χ2n) is 9.91. The monoisotopic (exact) mass is 605 g/mol. The highest BCUT2D eigenvalue weighted by atomic mass is 16.7. The number of carbonyl (C=O) groups excluding carboxylic acids is 4. The topological polar surface area (TPSA) is 208 Å². The molecule has 1 fully saturated rings. The largest absolute Gasteiger partial charge is 0.481 e. The van der Waals surface area contributed by atoms with Crippen molar-refractivity contribution in [2.24, 2.45) is 0 Å². The molecule has 0 atom stereocenters. The number of benzene rings is 1. The molecule has 3 amide bonds. The molecule has 0 unspecified atom stereocenters. The van der Waals surface area contributed by atoms with Crippen LogP contribution in [-0.4, -0.2) is 72.4 Å². The van der Waals surface area contributed by atoms with Crippen LogP contribution < -0.4 is 10.6 Å². The van der Waals surface area contributed by atoms with Crippen molar-refractivity contribution in [2.75, 3.05) is 17.4 Å². The van der Waals surface area contributed by atoms with Gasteiger partial charge in [-0.1, -0.05) is 11.2 Å². The molecule has 0 radical (unpaired) electrons. The van der Waals surface area contributed by atoms with E-state index < -0.39 is 49.1 Å². The number of nitrogens with one attached hydrogen (secondary N) is 2. The van der Waals surface area contributed by atoms with Crippen LogP contribution >= 0.6 is 0 Å². The van der Waals surface area contributed by atoms with Gasteiger partial charge in [0.25, 0.3) is 11.8 Å². The molecule has 0 saturated heterocycles. The number of hydrogen-bond acceptors (Lipinski definition) is 12. The number of esters is 1. The lowest BCUT2D eigenvalue weighted by atomic mass is 10.1. The highest BCUT2D eigenvalue weighted by Gasteiger charge is 2.40. The van der Waals surface area contributed by atoms with Gasteiger partial charge in [-0.15, -0.1) is 0 Å². The number of fused-ring (bicyclic) bond motifs is 1. The molecule has 0 bridgehead atoms. The van der Waals surface area contributed by atoms with E-state index in [0.29, 0.717) is 41.0 Å². The van der Waals surface area contributed by atoms with Crippen molar-refractivity contribution >= 4 is 52.7 Å². The van der Waals surface area contributed by atoms with Crippen molar-refractivity contribution < 1.29 is 43.1 Å². The quantitative estimate of drug-likeness (QED) is 0.166. The Labute approximate surface area is 248 Å². The first-order valence-electron chi connectivity index (χ1n) is 13.4. The van der Waals surface area contributed by atoms with Gasteiger partial charge in [-0.3, -0.25) is 19.2 Å². The lowest BCUT2D eigenvalue weighted by molar-refractivity contribution is -0.154. The number of aromatic nitrogens is 4. The number of carboxylic acid groups (broad SMARTS) is 1. The molecule has 4 aromatic rings. The lowest BCUT2D eigenvalue weighted by Crippen LogP contribution is -2.39. The molecule has 16 heteroatoms. The molecule has 5 rings (SSSR count). The molecule has 44 heavy (non-hydrogen) atoms. The molecule has 0 spiro atoms. The summed E-state index contributed by atoms with van der Waals surface area (Å²) >= 11 is 0. The zero-order chi connectivity index (χ0) is 31.4. The van der Waals surface area contributed by atoms with E-state index in [4.69, 9.17) is 19.1 Å². The summed E-state index contributed by atoms with van der Waals surface area (Å²) in [5.74, 6) is -2.44. The van der Waals surface area contributed by atoms with Gasteiger partial charge in [0.05, 0.1) is 18.4 Å². The third-order valence-electron chi connectivity index (χ3n) is 6.76. The van der Waals surface area contributed by atoms with Gasteiger partial charge in [-0.05, 0) is 49.9 Å². The summed E-state index contributed by atoms with van der Waals surface area (Å²) < 4.78 is 16.0. The number of amides is 3. The number of anilines is 3. The van der Waals surface area contributed by atoms with Crippen molar-refractivity contribution in [3.63, 3.8) is 0 Å². The number of imide groups is 1. The van der Waals surface area contributed by atoms with E-state index >= 15 is 0 Å². The van der Waals surface area contributed by atoms with Crippen LogP contribution in [0.4, 0.5) is 22.1 Å². The van der Waals surface area contributed by atoms with Gasteiger partial charge in [-0.25, -0.2) is 19.2 Å². The predicted octanol–water partition coefficient (Wildman–Crippen LogP) is 3.44. The minimum Gasteiger partial charge on any atom is -0.481 e. The van der Waals surface area contributed by atoms with E-state index in [2.05, 4.69) is 25.9 Å². The SMILES string of the molecule is Cc1ccc(C(=O)Nc2ccon2)cc1Nc1ncnn2cc(C(=O)N(C(=O)OCOC(=O)CCC(=O)O)C3CC3)c(C)c12. The maximum absolute atomic E-state index is 13.6. The van der Waals surface area contributed by atoms with Gasteiger partial charge in [0.15, 0.2) is 11.6 Å². The Morgan fingerprint density at radius 1 is 1.11 bits per heavy atom. The zero-order valence-electron chi connectivity index (χ0n) is 23.6. The Kier molecular flexibility index (Phi) is 8.50. The minimum absolute atomic E-state index is 0.174. The zero-order valence-corrected chi connectivity index (χ0v) is 23.6. The summed E-state index contributed by atoms with van der Waals surface area (Å²) in [7, 11) is 0. The summed E-state index contributed by atoms with van der Waals surface area (Å²) in [6.07, 6.45) is 3.47. The molecular formula is C28H27N7O9. The van der Waals surface area contributed by atoms with E-state index in [-0.39, 0.29) is 17.8 Å². The lowest BCUT2D eigenvalue weighted by Gasteiger charge is -2.19. The van der Waals surface area contributed by atoms with Crippen LogP contribution in [0.3, 0.4) is 0 Å². The smallest absolute Gasteiger partial charge is 0.419 e. The fourth-order valence-electron chi connectivity index (χ4n) is 4.32. The maximum atomic E-state index is 13.6. The number of ether oxygens (including phenoxy) is 2. The Morgan fingerprint density at radius 2 is 1.91 bits per heavy atom. The second kappa shape index (κ2) is 12.6. The van der Waals surface area contributed by atoms with Crippen LogP contribution in [0, 0.1) is 13.8 Å². The van der Waals surface area contributed by atoms with E-state index in [1.807, 2.05) is 6.92 Å². The van der Waals surface area contributed by atoms with Crippen LogP contribution in [0.5, 0.6) is 0 Å². The van der Waals surface area contributed by atoms with E-state index in [1.165, 1.54) is 29.4 Å². The third-order valence-corrected chi connectivity index (χ3v) is 6.76. The van der Waals surface area contributed by atoms with Crippen LogP contribution in [0.2, 0.25) is 0 Å². The maximum Gasteiger partial charge on any atom is 0.419 e. The summed E-state index contributed by atoms with van der Waals surface area (Å²) in [5, 5.41) is 22.4. The summed E-state index contributed by atoms with van der Waals surface area (Å²) in [4.78, 5) is 66.8. The minimum atomic E-state index is -1.17. The first kappa shape index (κ1) is 29.7. The van der Waals surface area contributed by atoms with Crippen molar-refractivity contribution in [3.8, 4) is 0 Å². The molecule has 0 aliphatic heterocycles. The molecule has 3 heterocycles. The number of aryl methyl sites for hydroxylation is 2. The van der Waals surface area contributed by atoms with Gasteiger partial charge in [-0.2, -0.15) is 5.10 Å². The van der Waals surface area contributed by atoms with E-state index in [9.17, 15) is 24.0 Å².